The molecule has 0 aliphatic carbocycles. The number of carbonyl (C=O) groups is 2. The minimum absolute atomic E-state index is 0.0124. The molecule has 7 heteroatoms. The van der Waals surface area contributed by atoms with E-state index in [2.05, 4.69) is 43.6 Å². The van der Waals surface area contributed by atoms with E-state index in [-0.39, 0.29) is 17.2 Å². The van der Waals surface area contributed by atoms with E-state index in [4.69, 9.17) is 9.47 Å². The first kappa shape index (κ1) is 25.8. The highest BCUT2D eigenvalue weighted by molar-refractivity contribution is 5.76. The van der Waals surface area contributed by atoms with Crippen molar-refractivity contribution in [2.45, 2.75) is 60.4 Å². The summed E-state index contributed by atoms with van der Waals surface area (Å²) in [5, 5.41) is 9.04. The Bertz CT molecular complexity index is 412. The van der Waals surface area contributed by atoms with Crippen molar-refractivity contribution in [3.8, 4) is 0 Å². The molecule has 7 nitrogen and oxygen atoms in total. The first-order valence-electron chi connectivity index (χ1n) is 10.0. The van der Waals surface area contributed by atoms with Crippen molar-refractivity contribution < 1.29 is 19.1 Å². The zero-order valence-electron chi connectivity index (χ0n) is 18.2. The molecule has 0 rings (SSSR count). The van der Waals surface area contributed by atoms with Crippen molar-refractivity contribution in [1.82, 2.24) is 16.0 Å². The predicted molar refractivity (Wildman–Crippen MR) is 109 cm³/mol. The molecule has 0 fully saturated rings. The summed E-state index contributed by atoms with van der Waals surface area (Å²) in [4.78, 5) is 23.5. The highest BCUT2D eigenvalue weighted by Crippen LogP contribution is 2.14. The van der Waals surface area contributed by atoms with E-state index in [9.17, 15) is 9.59 Å². The lowest BCUT2D eigenvalue weighted by atomic mass is 9.95. The molecular weight excluding hydrogens is 346 g/mol. The van der Waals surface area contributed by atoms with Gasteiger partial charge in [-0.1, -0.05) is 41.5 Å². The molecule has 0 aromatic carbocycles. The first-order valence-corrected chi connectivity index (χ1v) is 10.0. The van der Waals surface area contributed by atoms with E-state index in [1.54, 1.807) is 0 Å². The molecule has 0 spiro atoms. The molecule has 0 aromatic rings. The topological polar surface area (TPSA) is 88.7 Å². The molecule has 0 saturated carbocycles. The van der Waals surface area contributed by atoms with Crippen molar-refractivity contribution in [2.75, 3.05) is 46.1 Å². The molecule has 0 bridgehead atoms. The summed E-state index contributed by atoms with van der Waals surface area (Å²) >= 11 is 0. The second-order valence-corrected chi connectivity index (χ2v) is 8.41. The summed E-state index contributed by atoms with van der Waals surface area (Å²) in [6.07, 6.45) is 0.715. The third-order valence-corrected chi connectivity index (χ3v) is 3.71. The second-order valence-electron chi connectivity index (χ2n) is 8.41. The van der Waals surface area contributed by atoms with Gasteiger partial charge in [0.05, 0.1) is 26.4 Å². The number of rotatable bonds is 16. The van der Waals surface area contributed by atoms with Gasteiger partial charge >= 0.3 is 0 Å². The fourth-order valence-corrected chi connectivity index (χ4v) is 2.08. The van der Waals surface area contributed by atoms with Crippen LogP contribution in [0, 0.1) is 11.3 Å². The van der Waals surface area contributed by atoms with Crippen LogP contribution < -0.4 is 16.0 Å². The van der Waals surface area contributed by atoms with Crippen LogP contribution in [0.3, 0.4) is 0 Å². The van der Waals surface area contributed by atoms with Crippen LogP contribution in [0.1, 0.15) is 54.4 Å². The summed E-state index contributed by atoms with van der Waals surface area (Å²) in [6.45, 7) is 16.3. The smallest absolute Gasteiger partial charge is 0.222 e. The van der Waals surface area contributed by atoms with Crippen LogP contribution in [0.4, 0.5) is 0 Å². The van der Waals surface area contributed by atoms with Crippen LogP contribution >= 0.6 is 0 Å². The van der Waals surface area contributed by atoms with Crippen LogP contribution in [0.5, 0.6) is 0 Å². The van der Waals surface area contributed by atoms with Crippen molar-refractivity contribution in [2.24, 2.45) is 11.3 Å². The summed E-state index contributed by atoms with van der Waals surface area (Å²) in [5.41, 5.74) is -0.188. The van der Waals surface area contributed by atoms with Crippen molar-refractivity contribution in [3.05, 3.63) is 0 Å². The van der Waals surface area contributed by atoms with Gasteiger partial charge in [-0.3, -0.25) is 9.59 Å². The third-order valence-electron chi connectivity index (χ3n) is 3.71. The van der Waals surface area contributed by atoms with Gasteiger partial charge in [-0.05, 0) is 5.92 Å². The molecule has 0 saturated heterocycles. The lowest BCUT2D eigenvalue weighted by Crippen LogP contribution is -2.37. The first-order chi connectivity index (χ1) is 12.6. The molecule has 0 heterocycles. The van der Waals surface area contributed by atoms with E-state index in [0.717, 1.165) is 6.54 Å². The SMILES string of the molecule is CC(C)CNC(=O)CCOCC(C)(C)CNC(=O)CCOCCNC(C)C. The highest BCUT2D eigenvalue weighted by atomic mass is 16.5. The monoisotopic (exact) mass is 387 g/mol. The maximum Gasteiger partial charge on any atom is 0.222 e. The fourth-order valence-electron chi connectivity index (χ4n) is 2.08. The van der Waals surface area contributed by atoms with E-state index in [1.165, 1.54) is 0 Å². The van der Waals surface area contributed by atoms with Crippen LogP contribution in [0.2, 0.25) is 0 Å². The minimum Gasteiger partial charge on any atom is -0.380 e. The van der Waals surface area contributed by atoms with Gasteiger partial charge < -0.3 is 25.4 Å². The number of nitrogens with one attached hydrogen (secondary N) is 3. The zero-order valence-corrected chi connectivity index (χ0v) is 18.2. The summed E-state index contributed by atoms with van der Waals surface area (Å²) in [5.74, 6) is 0.436. The Morgan fingerprint density at radius 2 is 1.48 bits per heavy atom. The lowest BCUT2D eigenvalue weighted by Gasteiger charge is -2.24. The quantitative estimate of drug-likeness (QED) is 0.351. The Hall–Kier alpha value is -1.18. The Labute approximate surface area is 165 Å². The molecule has 0 unspecified atom stereocenters. The van der Waals surface area contributed by atoms with E-state index in [1.807, 2.05) is 13.8 Å². The highest BCUT2D eigenvalue weighted by Gasteiger charge is 2.19. The molecule has 0 aliphatic heterocycles. The standard InChI is InChI=1S/C20H41N3O4/c1-16(2)13-22-18(24)8-11-27-15-20(5,6)14-23-19(25)7-10-26-12-9-21-17(3)4/h16-17,21H,7-15H2,1-6H3,(H,22,24)(H,23,25). The maximum atomic E-state index is 11.9. The molecule has 0 atom stereocenters. The summed E-state index contributed by atoms with van der Waals surface area (Å²) in [7, 11) is 0. The number of carbonyl (C=O) groups excluding carboxylic acids is 2. The average molecular weight is 388 g/mol. The predicted octanol–water partition coefficient (Wildman–Crippen LogP) is 1.71. The lowest BCUT2D eigenvalue weighted by molar-refractivity contribution is -0.122. The van der Waals surface area contributed by atoms with Crippen LogP contribution in [0.25, 0.3) is 0 Å². The fraction of sp³-hybridized carbons (Fsp3) is 0.900. The van der Waals surface area contributed by atoms with Crippen molar-refractivity contribution in [3.63, 3.8) is 0 Å². The van der Waals surface area contributed by atoms with Crippen LogP contribution in [-0.2, 0) is 19.1 Å². The third kappa shape index (κ3) is 18.0. The summed E-state index contributed by atoms with van der Waals surface area (Å²) in [6, 6.07) is 0.441. The van der Waals surface area contributed by atoms with Gasteiger partial charge in [0.2, 0.25) is 11.8 Å². The van der Waals surface area contributed by atoms with Crippen molar-refractivity contribution in [1.29, 1.82) is 0 Å². The number of amides is 2. The Morgan fingerprint density at radius 3 is 2.07 bits per heavy atom. The second kappa shape index (κ2) is 14.8. The van der Waals surface area contributed by atoms with E-state index in [0.29, 0.717) is 64.3 Å². The van der Waals surface area contributed by atoms with Crippen LogP contribution in [-0.4, -0.2) is 63.9 Å². The largest absolute Gasteiger partial charge is 0.380 e. The number of hydrogen-bond acceptors (Lipinski definition) is 5. The Kier molecular flexibility index (Phi) is 14.2. The maximum absolute atomic E-state index is 11.9. The average Bonchev–Trinajstić information content (AvgIpc) is 2.58. The molecule has 0 aromatic heterocycles. The minimum atomic E-state index is -0.188. The van der Waals surface area contributed by atoms with Gasteiger partial charge in [0.25, 0.3) is 0 Å². The Balaban J connectivity index is 3.71. The number of hydrogen-bond donors (Lipinski definition) is 3. The van der Waals surface area contributed by atoms with Gasteiger partial charge in [-0.2, -0.15) is 0 Å². The van der Waals surface area contributed by atoms with E-state index < -0.39 is 0 Å². The van der Waals surface area contributed by atoms with E-state index >= 15 is 0 Å². The van der Waals surface area contributed by atoms with Gasteiger partial charge in [-0.15, -0.1) is 0 Å². The van der Waals surface area contributed by atoms with Gasteiger partial charge in [0, 0.05) is 43.9 Å². The van der Waals surface area contributed by atoms with Gasteiger partial charge in [0.15, 0.2) is 0 Å². The normalized spacial score (nSPS) is 11.9. The molecule has 27 heavy (non-hydrogen) atoms. The molecule has 160 valence electrons. The molecular formula is C20H41N3O4. The Morgan fingerprint density at radius 1 is 0.889 bits per heavy atom. The van der Waals surface area contributed by atoms with Gasteiger partial charge in [0.1, 0.15) is 0 Å². The molecule has 0 radical (unpaired) electrons. The zero-order chi connectivity index (χ0) is 20.7. The number of ether oxygens (including phenoxy) is 2. The summed E-state index contributed by atoms with van der Waals surface area (Å²) < 4.78 is 11.0. The van der Waals surface area contributed by atoms with Gasteiger partial charge in [-0.25, -0.2) is 0 Å². The van der Waals surface area contributed by atoms with Crippen molar-refractivity contribution >= 4 is 11.8 Å². The van der Waals surface area contributed by atoms with Crippen LogP contribution in [0.15, 0.2) is 0 Å². The molecule has 0 aliphatic rings. The molecule has 2 amide bonds. The molecule has 3 N–H and O–H groups in total.